The van der Waals surface area contributed by atoms with Gasteiger partial charge in [-0.3, -0.25) is 15.1 Å². The van der Waals surface area contributed by atoms with E-state index in [0.717, 1.165) is 66.5 Å². The summed E-state index contributed by atoms with van der Waals surface area (Å²) < 4.78 is 0. The fourth-order valence-corrected chi connectivity index (χ4v) is 5.39. The number of allylic oxidation sites excluding steroid dienone is 2. The van der Waals surface area contributed by atoms with Crippen molar-refractivity contribution in [3.63, 3.8) is 0 Å². The zero-order valence-electron chi connectivity index (χ0n) is 21.8. The molecule has 1 heterocycles. The molecule has 0 saturated heterocycles. The lowest BCUT2D eigenvalue weighted by Gasteiger charge is -2.40. The maximum absolute atomic E-state index is 13.9. The van der Waals surface area contributed by atoms with Crippen LogP contribution in [0.1, 0.15) is 63.0 Å². The Bertz CT molecular complexity index is 1230. The van der Waals surface area contributed by atoms with Crippen molar-refractivity contribution in [3.8, 4) is 11.1 Å². The van der Waals surface area contributed by atoms with Crippen molar-refractivity contribution in [1.82, 2.24) is 15.5 Å². The molecule has 4 rings (SSSR count). The van der Waals surface area contributed by atoms with E-state index in [2.05, 4.69) is 17.6 Å². The molecular weight excluding hydrogens is 478 g/mol. The molecule has 1 aliphatic carbocycles. The number of nitrogens with one attached hydrogen (secondary N) is 4. The summed E-state index contributed by atoms with van der Waals surface area (Å²) in [5.74, 6) is 0.660. The molecule has 0 atom stereocenters. The van der Waals surface area contributed by atoms with E-state index in [4.69, 9.17) is 10.8 Å². The second-order valence-corrected chi connectivity index (χ2v) is 9.83. The first kappa shape index (κ1) is 27.3. The van der Waals surface area contributed by atoms with Crippen LogP contribution in [0.5, 0.6) is 0 Å². The highest BCUT2D eigenvalue weighted by Gasteiger charge is 2.35. The molecule has 2 aromatic rings. The van der Waals surface area contributed by atoms with Crippen molar-refractivity contribution >= 4 is 18.0 Å². The first-order chi connectivity index (χ1) is 18.4. The van der Waals surface area contributed by atoms with Gasteiger partial charge in [0.25, 0.3) is 5.91 Å². The standard InChI is InChI=1S/C30H37N5O3/c1-2-8-26-25(29(36)35(27(33-26)17-18-31)22-9-4-3-5-10-22)19-20-13-15-21(16-14-20)23-11-6-7-12-24(23)28(32)34-30(37)38/h6-7,11-18,22,30-31,33,37-38H,2-5,8-10,19H2,1H3,(H2,32,34)/b27-17+,31-18?. The predicted molar refractivity (Wildman–Crippen MR) is 149 cm³/mol. The van der Waals surface area contributed by atoms with Crippen LogP contribution in [0.3, 0.4) is 0 Å². The number of amidine groups is 1. The lowest BCUT2D eigenvalue weighted by atomic mass is 9.91. The third-order valence-corrected chi connectivity index (χ3v) is 7.18. The van der Waals surface area contributed by atoms with Crippen LogP contribution in [0.2, 0.25) is 0 Å². The summed E-state index contributed by atoms with van der Waals surface area (Å²) >= 11 is 0. The molecule has 0 bridgehead atoms. The summed E-state index contributed by atoms with van der Waals surface area (Å²) in [5.41, 5.74) is 4.95. The maximum Gasteiger partial charge on any atom is 0.257 e. The molecule has 0 aromatic heterocycles. The van der Waals surface area contributed by atoms with Crippen LogP contribution >= 0.6 is 0 Å². The second kappa shape index (κ2) is 12.7. The van der Waals surface area contributed by atoms with Gasteiger partial charge in [-0.25, -0.2) is 0 Å². The topological polar surface area (TPSA) is 133 Å². The Hall–Kier alpha value is -3.75. The molecule has 2 aromatic carbocycles. The number of nitrogens with zero attached hydrogens (tertiary/aromatic N) is 1. The average Bonchev–Trinajstić information content (AvgIpc) is 2.92. The Morgan fingerprint density at radius 3 is 2.50 bits per heavy atom. The van der Waals surface area contributed by atoms with Gasteiger partial charge in [-0.2, -0.15) is 0 Å². The highest BCUT2D eigenvalue weighted by molar-refractivity contribution is 6.02. The van der Waals surface area contributed by atoms with E-state index in [1.165, 1.54) is 12.6 Å². The number of aliphatic hydroxyl groups excluding tert-OH is 1. The summed E-state index contributed by atoms with van der Waals surface area (Å²) in [4.78, 5) is 15.8. The summed E-state index contributed by atoms with van der Waals surface area (Å²) in [6.45, 7) is 2.10. The highest BCUT2D eigenvalue weighted by Crippen LogP contribution is 2.32. The van der Waals surface area contributed by atoms with E-state index >= 15 is 0 Å². The minimum atomic E-state index is -1.81. The molecule has 1 aliphatic heterocycles. The zero-order chi connectivity index (χ0) is 27.1. The quantitative estimate of drug-likeness (QED) is 0.167. The summed E-state index contributed by atoms with van der Waals surface area (Å²) in [7, 11) is 0. The van der Waals surface area contributed by atoms with Gasteiger partial charge in [0, 0.05) is 35.5 Å². The molecule has 1 fully saturated rings. The normalized spacial score (nSPS) is 17.6. The molecule has 6 N–H and O–H groups in total. The van der Waals surface area contributed by atoms with E-state index in [0.29, 0.717) is 17.8 Å². The Kier molecular flexibility index (Phi) is 9.10. The van der Waals surface area contributed by atoms with Gasteiger partial charge in [0.2, 0.25) is 6.41 Å². The van der Waals surface area contributed by atoms with Crippen LogP contribution in [0.15, 0.2) is 71.7 Å². The summed E-state index contributed by atoms with van der Waals surface area (Å²) in [5, 5.41) is 40.1. The first-order valence-electron chi connectivity index (χ1n) is 13.4. The average molecular weight is 516 g/mol. The van der Waals surface area contributed by atoms with E-state index in [1.54, 1.807) is 18.2 Å². The van der Waals surface area contributed by atoms with Crippen molar-refractivity contribution in [2.24, 2.45) is 0 Å². The molecule has 1 saturated carbocycles. The van der Waals surface area contributed by atoms with Crippen LogP contribution in [0.25, 0.3) is 11.1 Å². The van der Waals surface area contributed by atoms with E-state index in [9.17, 15) is 15.0 Å². The summed E-state index contributed by atoms with van der Waals surface area (Å²) in [6.07, 6.45) is 8.65. The molecule has 0 unspecified atom stereocenters. The second-order valence-electron chi connectivity index (χ2n) is 9.83. The third-order valence-electron chi connectivity index (χ3n) is 7.18. The molecule has 0 spiro atoms. The Labute approximate surface area is 224 Å². The van der Waals surface area contributed by atoms with Crippen molar-refractivity contribution in [3.05, 3.63) is 82.8 Å². The SMILES string of the molecule is CCCC1=C(Cc2ccc(-c3ccccc3C(=N)NC(O)O)cc2)C(=O)N(C2CCCCC2)/C(=C/C=N)N1. The van der Waals surface area contributed by atoms with E-state index in [-0.39, 0.29) is 17.8 Å². The van der Waals surface area contributed by atoms with Crippen molar-refractivity contribution in [2.75, 3.05) is 0 Å². The van der Waals surface area contributed by atoms with Gasteiger partial charge in [-0.05, 0) is 42.0 Å². The molecule has 0 radical (unpaired) electrons. The highest BCUT2D eigenvalue weighted by atomic mass is 16.5. The number of amides is 1. The van der Waals surface area contributed by atoms with Crippen LogP contribution in [-0.2, 0) is 11.2 Å². The number of carbonyl (C=O) groups excluding carboxylic acids is 1. The van der Waals surface area contributed by atoms with Gasteiger partial charge in [0.05, 0.1) is 0 Å². The fraction of sp³-hybridized carbons (Fsp3) is 0.367. The molecule has 1 amide bonds. The predicted octanol–water partition coefficient (Wildman–Crippen LogP) is 4.39. The first-order valence-corrected chi connectivity index (χ1v) is 13.4. The third kappa shape index (κ3) is 6.20. The Balaban J connectivity index is 1.62. The number of hydrogen-bond donors (Lipinski definition) is 6. The minimum absolute atomic E-state index is 0.0312. The van der Waals surface area contributed by atoms with Gasteiger partial charge in [-0.15, -0.1) is 0 Å². The van der Waals surface area contributed by atoms with Gasteiger partial charge in [0.15, 0.2) is 0 Å². The molecule has 2 aliphatic rings. The molecule has 8 heteroatoms. The summed E-state index contributed by atoms with van der Waals surface area (Å²) in [6, 6.07) is 15.4. The molecule has 8 nitrogen and oxygen atoms in total. The molecule has 200 valence electrons. The van der Waals surface area contributed by atoms with Crippen LogP contribution in [0.4, 0.5) is 0 Å². The van der Waals surface area contributed by atoms with Crippen molar-refractivity contribution in [1.29, 1.82) is 10.8 Å². The lowest BCUT2D eigenvalue weighted by molar-refractivity contribution is -0.129. The van der Waals surface area contributed by atoms with Gasteiger partial charge in [0.1, 0.15) is 11.7 Å². The van der Waals surface area contributed by atoms with E-state index < -0.39 is 6.41 Å². The zero-order valence-corrected chi connectivity index (χ0v) is 21.8. The Morgan fingerprint density at radius 1 is 1.13 bits per heavy atom. The van der Waals surface area contributed by atoms with E-state index in [1.807, 2.05) is 41.3 Å². The van der Waals surface area contributed by atoms with Crippen LogP contribution in [0, 0.1) is 10.8 Å². The Morgan fingerprint density at radius 2 is 1.84 bits per heavy atom. The van der Waals surface area contributed by atoms with Gasteiger partial charge >= 0.3 is 0 Å². The number of carbonyl (C=O) groups is 1. The lowest BCUT2D eigenvalue weighted by Crippen LogP contribution is -2.49. The molecular formula is C30H37N5O3. The number of aliphatic hydroxyl groups is 2. The minimum Gasteiger partial charge on any atom is -0.351 e. The maximum atomic E-state index is 13.9. The monoisotopic (exact) mass is 515 g/mol. The number of rotatable bonds is 9. The van der Waals surface area contributed by atoms with Crippen LogP contribution in [-0.4, -0.2) is 45.5 Å². The molecule has 38 heavy (non-hydrogen) atoms. The fourth-order valence-electron chi connectivity index (χ4n) is 5.39. The smallest absolute Gasteiger partial charge is 0.257 e. The van der Waals surface area contributed by atoms with Gasteiger partial charge in [-0.1, -0.05) is 81.1 Å². The number of hydrogen-bond acceptors (Lipinski definition) is 6. The number of benzene rings is 2. The van der Waals surface area contributed by atoms with Crippen molar-refractivity contribution < 1.29 is 15.0 Å². The van der Waals surface area contributed by atoms with Gasteiger partial charge < -0.3 is 26.3 Å². The van der Waals surface area contributed by atoms with Crippen molar-refractivity contribution in [2.45, 2.75) is 70.7 Å². The van der Waals surface area contributed by atoms with Crippen LogP contribution < -0.4 is 10.6 Å². The largest absolute Gasteiger partial charge is 0.351 e.